The van der Waals surface area contributed by atoms with Crippen molar-refractivity contribution < 1.29 is 42.3 Å². The summed E-state index contributed by atoms with van der Waals surface area (Å²) in [6.07, 6.45) is 3.91. The van der Waals surface area contributed by atoms with Gasteiger partial charge in [0.25, 0.3) is 17.7 Å². The molecule has 0 saturated carbocycles. The fourth-order valence-electron chi connectivity index (χ4n) is 6.72. The van der Waals surface area contributed by atoms with E-state index in [1.165, 1.54) is 42.2 Å². The number of alkyl halides is 3. The van der Waals surface area contributed by atoms with Crippen LogP contribution in [-0.4, -0.2) is 104 Å². The number of H-pyrrole nitrogens is 1. The van der Waals surface area contributed by atoms with Gasteiger partial charge < -0.3 is 19.9 Å². The third-order valence-corrected chi connectivity index (χ3v) is 10.6. The third-order valence-electron chi connectivity index (χ3n) is 9.42. The Bertz CT molecular complexity index is 2200. The molecule has 1 unspecified atom stereocenters. The smallest absolute Gasteiger partial charge is 0.420 e. The molecule has 4 aromatic rings. The van der Waals surface area contributed by atoms with Crippen molar-refractivity contribution in [3.8, 4) is 17.0 Å². The van der Waals surface area contributed by atoms with Gasteiger partial charge in [-0.25, -0.2) is 4.98 Å². The summed E-state index contributed by atoms with van der Waals surface area (Å²) >= 11 is 6.18. The van der Waals surface area contributed by atoms with E-state index in [4.69, 9.17) is 11.6 Å². The zero-order chi connectivity index (χ0) is 39.6. The highest BCUT2D eigenvalue weighted by molar-refractivity contribution is 7.99. The predicted molar refractivity (Wildman–Crippen MR) is 200 cm³/mol. The molecule has 1 atom stereocenters. The average molecular weight is 807 g/mol. The molecular formula is C37H33ClF2N8O7S. The largest absolute Gasteiger partial charge is 0.487 e. The number of amides is 6. The molecule has 2 aromatic heterocycles. The van der Waals surface area contributed by atoms with E-state index in [9.17, 15) is 37.5 Å². The first kappa shape index (κ1) is 38.4. The fourth-order valence-corrected chi connectivity index (χ4v) is 7.83. The van der Waals surface area contributed by atoms with Crippen molar-refractivity contribution in [2.45, 2.75) is 42.2 Å². The van der Waals surface area contributed by atoms with Gasteiger partial charge in [-0.2, -0.15) is 5.10 Å². The number of halogens is 3. The molecule has 2 aromatic carbocycles. The number of hydrogen-bond acceptors (Lipinski definition) is 11. The van der Waals surface area contributed by atoms with Crippen LogP contribution in [0.15, 0.2) is 71.9 Å². The number of piperidine rings is 1. The highest BCUT2D eigenvalue weighted by Gasteiger charge is 2.45. The summed E-state index contributed by atoms with van der Waals surface area (Å²) in [5.74, 6) is -1.83. The van der Waals surface area contributed by atoms with Gasteiger partial charge in [-0.3, -0.25) is 44.1 Å². The topological polar surface area (TPSA) is 187 Å². The molecule has 0 aliphatic carbocycles. The Morgan fingerprint density at radius 3 is 2.46 bits per heavy atom. The number of piperazine rings is 1. The Morgan fingerprint density at radius 2 is 1.77 bits per heavy atom. The van der Waals surface area contributed by atoms with E-state index < -0.39 is 41.1 Å². The molecule has 7 rings (SSSR count). The van der Waals surface area contributed by atoms with Gasteiger partial charge >= 0.3 is 5.57 Å². The Kier molecular flexibility index (Phi) is 11.0. The summed E-state index contributed by atoms with van der Waals surface area (Å²) in [7, 11) is 0. The minimum Gasteiger partial charge on any atom is -0.420 e. The Labute approximate surface area is 327 Å². The first-order valence-electron chi connectivity index (χ1n) is 17.5. The number of carbonyl (C=O) groups is 6. The molecule has 2 fully saturated rings. The minimum atomic E-state index is -3.86. The van der Waals surface area contributed by atoms with Crippen LogP contribution < -0.4 is 20.3 Å². The number of ether oxygens (including phenoxy) is 1. The third kappa shape index (κ3) is 8.35. The first-order valence-corrected chi connectivity index (χ1v) is 18.9. The number of thioether (sulfide) groups is 1. The van der Waals surface area contributed by atoms with Crippen LogP contribution in [0.3, 0.4) is 0 Å². The maximum absolute atomic E-state index is 13.4. The molecule has 5 heterocycles. The number of aromatic amines is 1. The molecule has 290 valence electrons. The Balaban J connectivity index is 0.926. The van der Waals surface area contributed by atoms with Crippen LogP contribution in [0.25, 0.3) is 11.3 Å². The summed E-state index contributed by atoms with van der Waals surface area (Å²) in [4.78, 5) is 86.9. The summed E-state index contributed by atoms with van der Waals surface area (Å²) in [5, 5.41) is 11.9. The molecule has 15 nitrogen and oxygen atoms in total. The van der Waals surface area contributed by atoms with E-state index in [-0.39, 0.29) is 47.6 Å². The fraction of sp³-hybridized carbons (Fsp3) is 0.297. The summed E-state index contributed by atoms with van der Waals surface area (Å²) in [6.45, 7) is 1.83. The molecular weight excluding hydrogens is 774 g/mol. The lowest BCUT2D eigenvalue weighted by molar-refractivity contribution is -0.136. The van der Waals surface area contributed by atoms with Gasteiger partial charge in [0.2, 0.25) is 17.7 Å². The van der Waals surface area contributed by atoms with E-state index in [2.05, 4.69) is 30.6 Å². The van der Waals surface area contributed by atoms with Gasteiger partial charge in [0.1, 0.15) is 17.6 Å². The molecule has 0 radical (unpaired) electrons. The zero-order valence-electron chi connectivity index (χ0n) is 29.4. The quantitative estimate of drug-likeness (QED) is 0.0792. The Hall–Kier alpha value is -5.88. The standard InChI is InChI=1S/C37H33ClF2N8O7S/c38-37(39,40)55-23-8-6-22(7-9-23)43-33(51)21-19-25(26-12-13-42-45-26)32(41-20-21)47-16-14-46(15-17-47)30(50)5-2-18-56-28-4-1-3-24-31(28)36(54)48(35(24)53)27-10-11-29(49)44-34(27)52/h1,3-4,6-9,12-13,19-20,27H,2,5,10-11,14-18H2,(H,42,45)(H,43,51)(H,44,49,52). The molecule has 2 saturated heterocycles. The molecule has 56 heavy (non-hydrogen) atoms. The van der Waals surface area contributed by atoms with Crippen LogP contribution in [-0.2, 0) is 14.4 Å². The molecule has 3 aliphatic rings. The van der Waals surface area contributed by atoms with E-state index in [0.717, 1.165) is 4.90 Å². The second-order valence-electron chi connectivity index (χ2n) is 13.0. The predicted octanol–water partition coefficient (Wildman–Crippen LogP) is 4.51. The zero-order valence-corrected chi connectivity index (χ0v) is 31.0. The molecule has 6 amide bonds. The summed E-state index contributed by atoms with van der Waals surface area (Å²) < 4.78 is 30.2. The van der Waals surface area contributed by atoms with Crippen molar-refractivity contribution >= 4 is 70.3 Å². The van der Waals surface area contributed by atoms with Crippen molar-refractivity contribution in [1.29, 1.82) is 0 Å². The molecule has 0 spiro atoms. The summed E-state index contributed by atoms with van der Waals surface area (Å²) in [5.41, 5.74) is -1.61. The highest BCUT2D eigenvalue weighted by Crippen LogP contribution is 2.35. The SMILES string of the molecule is O=C1CCC(N2C(=O)c3cccc(SCCCC(=O)N4CCN(c5ncc(C(=O)Nc6ccc(OC(F)(F)Cl)cc6)cc5-c5ccn[nH]5)CC4)c3C2=O)C(=O)N1. The van der Waals surface area contributed by atoms with Crippen LogP contribution >= 0.6 is 23.4 Å². The number of rotatable bonds is 12. The van der Waals surface area contributed by atoms with Crippen molar-refractivity contribution in [3.63, 3.8) is 0 Å². The van der Waals surface area contributed by atoms with Gasteiger partial charge in [0.05, 0.1) is 22.4 Å². The lowest BCUT2D eigenvalue weighted by atomic mass is 10.0. The van der Waals surface area contributed by atoms with Crippen molar-refractivity contribution in [1.82, 2.24) is 30.3 Å². The molecule has 3 N–H and O–H groups in total. The van der Waals surface area contributed by atoms with Crippen molar-refractivity contribution in [3.05, 3.63) is 83.7 Å². The Morgan fingerprint density at radius 1 is 1.00 bits per heavy atom. The van der Waals surface area contributed by atoms with Crippen LogP contribution in [0.5, 0.6) is 5.75 Å². The number of benzene rings is 2. The normalized spacial score (nSPS) is 17.2. The maximum Gasteiger partial charge on any atom is 0.487 e. The number of nitrogens with zero attached hydrogens (tertiary/aromatic N) is 5. The van der Waals surface area contributed by atoms with Crippen LogP contribution in [0, 0.1) is 0 Å². The van der Waals surface area contributed by atoms with E-state index in [1.54, 1.807) is 41.4 Å². The molecule has 0 bridgehead atoms. The van der Waals surface area contributed by atoms with Gasteiger partial charge in [0.15, 0.2) is 0 Å². The number of nitrogens with one attached hydrogen (secondary N) is 3. The van der Waals surface area contributed by atoms with Crippen molar-refractivity contribution in [2.75, 3.05) is 42.1 Å². The highest BCUT2D eigenvalue weighted by atomic mass is 35.5. The number of pyridine rings is 1. The van der Waals surface area contributed by atoms with E-state index in [0.29, 0.717) is 66.0 Å². The van der Waals surface area contributed by atoms with Gasteiger partial charge in [-0.1, -0.05) is 6.07 Å². The van der Waals surface area contributed by atoms with E-state index in [1.807, 2.05) is 4.90 Å². The van der Waals surface area contributed by atoms with Crippen LogP contribution in [0.2, 0.25) is 0 Å². The molecule has 19 heteroatoms. The van der Waals surface area contributed by atoms with Crippen molar-refractivity contribution in [2.24, 2.45) is 0 Å². The first-order chi connectivity index (χ1) is 26.9. The average Bonchev–Trinajstić information content (AvgIpc) is 3.80. The number of carbonyl (C=O) groups excluding carboxylic acids is 6. The van der Waals surface area contributed by atoms with E-state index >= 15 is 0 Å². The summed E-state index contributed by atoms with van der Waals surface area (Å²) in [6, 6.07) is 12.6. The second kappa shape index (κ2) is 16.1. The number of aromatic nitrogens is 3. The second-order valence-corrected chi connectivity index (χ2v) is 14.6. The number of anilines is 2. The lowest BCUT2D eigenvalue weighted by Crippen LogP contribution is -2.54. The number of fused-ring (bicyclic) bond motifs is 1. The van der Waals surface area contributed by atoms with Gasteiger partial charge in [-0.15, -0.1) is 20.5 Å². The maximum atomic E-state index is 13.4. The van der Waals surface area contributed by atoms with Crippen LogP contribution in [0.1, 0.15) is 56.8 Å². The monoisotopic (exact) mass is 806 g/mol. The minimum absolute atomic E-state index is 0.0245. The lowest BCUT2D eigenvalue weighted by Gasteiger charge is -2.36. The molecule has 3 aliphatic heterocycles. The van der Waals surface area contributed by atoms with Gasteiger partial charge in [-0.05, 0) is 67.1 Å². The number of hydrogen-bond donors (Lipinski definition) is 3. The van der Waals surface area contributed by atoms with Crippen LogP contribution in [0.4, 0.5) is 20.3 Å². The van der Waals surface area contributed by atoms with Gasteiger partial charge in [0, 0.05) is 79.2 Å². The number of imide groups is 2.